The largest absolute Gasteiger partial charge is 0.478 e. The average molecular weight is 481 g/mol. The molecule has 9 heteroatoms. The maximum absolute atomic E-state index is 13.1. The van der Waals surface area contributed by atoms with Gasteiger partial charge >= 0.3 is 5.97 Å². The molecule has 0 aliphatic carbocycles. The number of amides is 1. The smallest absolute Gasteiger partial charge is 0.335 e. The summed E-state index contributed by atoms with van der Waals surface area (Å²) >= 11 is 3.30. The number of carboxylic acids is 1. The first-order chi connectivity index (χ1) is 13.8. The van der Waals surface area contributed by atoms with Crippen LogP contribution in [0.3, 0.4) is 0 Å². The Bertz CT molecular complexity index is 1010. The second kappa shape index (κ2) is 9.06. The van der Waals surface area contributed by atoms with E-state index < -0.39 is 21.9 Å². The van der Waals surface area contributed by atoms with E-state index in [4.69, 9.17) is 5.11 Å². The number of carbonyl (C=O) groups is 2. The summed E-state index contributed by atoms with van der Waals surface area (Å²) < 4.78 is 28.1. The summed E-state index contributed by atoms with van der Waals surface area (Å²) in [5.41, 5.74) is 0.723. The van der Waals surface area contributed by atoms with Crippen molar-refractivity contribution < 1.29 is 23.1 Å². The number of nitrogens with one attached hydrogen (secondary N) is 1. The highest BCUT2D eigenvalue weighted by Gasteiger charge is 2.28. The standard InChI is InChI=1S/C20H21BrN2O5S/c21-17-10-7-15(19(24)22-16-8-5-14(6-9-16)20(25)26)13-18(17)29(27,28)23-11-3-1-2-4-12-23/h5-10,13H,1-4,11-12H2,(H,22,24)(H,25,26). The van der Waals surface area contributed by atoms with Gasteiger partial charge in [-0.3, -0.25) is 4.79 Å². The molecular formula is C20H21BrN2O5S. The van der Waals surface area contributed by atoms with Crippen molar-refractivity contribution >= 4 is 43.5 Å². The van der Waals surface area contributed by atoms with Crippen molar-refractivity contribution in [1.82, 2.24) is 4.31 Å². The molecule has 29 heavy (non-hydrogen) atoms. The van der Waals surface area contributed by atoms with Gasteiger partial charge in [-0.2, -0.15) is 4.31 Å². The molecule has 1 saturated heterocycles. The van der Waals surface area contributed by atoms with Gasteiger partial charge in [-0.05, 0) is 71.2 Å². The molecule has 154 valence electrons. The molecule has 2 N–H and O–H groups in total. The van der Waals surface area contributed by atoms with Gasteiger partial charge in [-0.25, -0.2) is 13.2 Å². The molecule has 0 spiro atoms. The predicted octanol–water partition coefficient (Wildman–Crippen LogP) is 3.96. The van der Waals surface area contributed by atoms with E-state index in [-0.39, 0.29) is 16.0 Å². The van der Waals surface area contributed by atoms with Crippen LogP contribution in [-0.2, 0) is 10.0 Å². The number of benzene rings is 2. The van der Waals surface area contributed by atoms with Crippen molar-refractivity contribution in [2.24, 2.45) is 0 Å². The average Bonchev–Trinajstić information content (AvgIpc) is 2.98. The molecule has 1 heterocycles. The monoisotopic (exact) mass is 480 g/mol. The predicted molar refractivity (Wildman–Crippen MR) is 113 cm³/mol. The third-order valence-electron chi connectivity index (χ3n) is 4.77. The van der Waals surface area contributed by atoms with Crippen molar-refractivity contribution in [3.63, 3.8) is 0 Å². The van der Waals surface area contributed by atoms with Crippen molar-refractivity contribution in [3.8, 4) is 0 Å². The van der Waals surface area contributed by atoms with Crippen LogP contribution in [0.2, 0.25) is 0 Å². The molecule has 0 radical (unpaired) electrons. The first-order valence-corrected chi connectivity index (χ1v) is 11.5. The van der Waals surface area contributed by atoms with Gasteiger partial charge in [-0.1, -0.05) is 12.8 Å². The van der Waals surface area contributed by atoms with E-state index in [0.717, 1.165) is 25.7 Å². The van der Waals surface area contributed by atoms with Gasteiger partial charge in [0.15, 0.2) is 0 Å². The van der Waals surface area contributed by atoms with E-state index in [1.807, 2.05) is 0 Å². The Balaban J connectivity index is 1.84. The van der Waals surface area contributed by atoms with Gasteiger partial charge in [0.25, 0.3) is 5.91 Å². The zero-order chi connectivity index (χ0) is 21.0. The van der Waals surface area contributed by atoms with Crippen LogP contribution in [0.4, 0.5) is 5.69 Å². The third-order valence-corrected chi connectivity index (χ3v) is 7.66. The van der Waals surface area contributed by atoms with E-state index >= 15 is 0 Å². The summed E-state index contributed by atoms with van der Waals surface area (Å²) in [7, 11) is -3.72. The number of sulfonamides is 1. The van der Waals surface area contributed by atoms with Crippen LogP contribution in [0.5, 0.6) is 0 Å². The fourth-order valence-electron chi connectivity index (χ4n) is 3.16. The van der Waals surface area contributed by atoms with Gasteiger partial charge in [0, 0.05) is 28.8 Å². The highest BCUT2D eigenvalue weighted by Crippen LogP contribution is 2.28. The number of anilines is 1. The molecule has 0 unspecified atom stereocenters. The van der Waals surface area contributed by atoms with E-state index in [9.17, 15) is 18.0 Å². The van der Waals surface area contributed by atoms with Gasteiger partial charge in [0.2, 0.25) is 10.0 Å². The molecule has 1 fully saturated rings. The van der Waals surface area contributed by atoms with Crippen LogP contribution in [0.25, 0.3) is 0 Å². The molecule has 0 bridgehead atoms. The Morgan fingerprint density at radius 2 is 1.52 bits per heavy atom. The van der Waals surface area contributed by atoms with Crippen molar-refractivity contribution in [3.05, 3.63) is 58.1 Å². The summed E-state index contributed by atoms with van der Waals surface area (Å²) in [5.74, 6) is -1.54. The van der Waals surface area contributed by atoms with Crippen LogP contribution in [-0.4, -0.2) is 42.8 Å². The Kier molecular flexibility index (Phi) is 6.71. The zero-order valence-electron chi connectivity index (χ0n) is 15.6. The van der Waals surface area contributed by atoms with Crippen molar-refractivity contribution in [1.29, 1.82) is 0 Å². The molecule has 7 nitrogen and oxygen atoms in total. The number of carbonyl (C=O) groups excluding carboxylic acids is 1. The molecule has 1 aliphatic rings. The second-order valence-corrected chi connectivity index (χ2v) is 9.56. The van der Waals surface area contributed by atoms with Gasteiger partial charge < -0.3 is 10.4 Å². The lowest BCUT2D eigenvalue weighted by Gasteiger charge is -2.21. The van der Waals surface area contributed by atoms with E-state index in [2.05, 4.69) is 21.2 Å². The lowest BCUT2D eigenvalue weighted by molar-refractivity contribution is 0.0696. The maximum atomic E-state index is 13.1. The number of aromatic carboxylic acids is 1. The third kappa shape index (κ3) is 5.04. The lowest BCUT2D eigenvalue weighted by atomic mass is 10.2. The Morgan fingerprint density at radius 3 is 2.10 bits per heavy atom. The molecule has 2 aromatic rings. The van der Waals surface area contributed by atoms with Crippen molar-refractivity contribution in [2.75, 3.05) is 18.4 Å². The normalized spacial score (nSPS) is 15.5. The number of hydrogen-bond acceptors (Lipinski definition) is 4. The number of hydrogen-bond donors (Lipinski definition) is 2. The van der Waals surface area contributed by atoms with Gasteiger partial charge in [0.1, 0.15) is 0 Å². The van der Waals surface area contributed by atoms with Crippen LogP contribution in [0, 0.1) is 0 Å². The molecule has 1 aliphatic heterocycles. The molecular weight excluding hydrogens is 460 g/mol. The minimum Gasteiger partial charge on any atom is -0.478 e. The summed E-state index contributed by atoms with van der Waals surface area (Å²) in [4.78, 5) is 23.6. The summed E-state index contributed by atoms with van der Waals surface area (Å²) in [6.07, 6.45) is 3.67. The van der Waals surface area contributed by atoms with E-state index in [1.165, 1.54) is 40.7 Å². The van der Waals surface area contributed by atoms with Gasteiger partial charge in [-0.15, -0.1) is 0 Å². The molecule has 0 atom stereocenters. The fourth-order valence-corrected chi connectivity index (χ4v) is 5.63. The molecule has 0 aromatic heterocycles. The summed E-state index contributed by atoms with van der Waals surface area (Å²) in [5, 5.41) is 11.6. The minimum absolute atomic E-state index is 0.0632. The number of carboxylic acid groups (broad SMARTS) is 1. The Labute approximate surface area is 177 Å². The highest BCUT2D eigenvalue weighted by atomic mass is 79.9. The first kappa shape index (κ1) is 21.5. The summed E-state index contributed by atoms with van der Waals surface area (Å²) in [6.45, 7) is 0.947. The topological polar surface area (TPSA) is 104 Å². The van der Waals surface area contributed by atoms with Gasteiger partial charge in [0.05, 0.1) is 10.5 Å². The molecule has 3 rings (SSSR count). The quantitative estimate of drug-likeness (QED) is 0.673. The number of nitrogens with zero attached hydrogens (tertiary/aromatic N) is 1. The molecule has 2 aromatic carbocycles. The van der Waals surface area contributed by atoms with Crippen LogP contribution >= 0.6 is 15.9 Å². The molecule has 1 amide bonds. The lowest BCUT2D eigenvalue weighted by Crippen LogP contribution is -2.32. The highest BCUT2D eigenvalue weighted by molar-refractivity contribution is 9.10. The minimum atomic E-state index is -3.72. The van der Waals surface area contributed by atoms with Crippen LogP contribution < -0.4 is 5.32 Å². The maximum Gasteiger partial charge on any atom is 0.335 e. The molecule has 0 saturated carbocycles. The summed E-state index contributed by atoms with van der Waals surface area (Å²) in [6, 6.07) is 10.2. The number of rotatable bonds is 5. The zero-order valence-corrected chi connectivity index (χ0v) is 18.0. The second-order valence-electron chi connectivity index (χ2n) is 6.80. The Hall–Kier alpha value is -2.23. The Morgan fingerprint density at radius 1 is 0.931 bits per heavy atom. The fraction of sp³-hybridized carbons (Fsp3) is 0.300. The van der Waals surface area contributed by atoms with Crippen LogP contribution in [0.15, 0.2) is 51.8 Å². The van der Waals surface area contributed by atoms with Crippen molar-refractivity contribution in [2.45, 2.75) is 30.6 Å². The van der Waals surface area contributed by atoms with E-state index in [0.29, 0.717) is 23.2 Å². The number of halogens is 1. The van der Waals surface area contributed by atoms with Crippen LogP contribution in [0.1, 0.15) is 46.4 Å². The first-order valence-electron chi connectivity index (χ1n) is 9.23. The SMILES string of the molecule is O=C(O)c1ccc(NC(=O)c2ccc(Br)c(S(=O)(=O)N3CCCCCC3)c2)cc1. The van der Waals surface area contributed by atoms with E-state index in [1.54, 1.807) is 6.07 Å².